The van der Waals surface area contributed by atoms with Crippen LogP contribution in [0.15, 0.2) is 0 Å². The molecule has 5 nitrogen and oxygen atoms in total. The second-order valence-electron chi connectivity index (χ2n) is 6.14. The van der Waals surface area contributed by atoms with Gasteiger partial charge in [0.05, 0.1) is 12.5 Å². The van der Waals surface area contributed by atoms with Gasteiger partial charge in [0, 0.05) is 13.0 Å². The Morgan fingerprint density at radius 1 is 0.913 bits per heavy atom. The summed E-state index contributed by atoms with van der Waals surface area (Å²) in [5, 5.41) is 17.5. The zero-order valence-electron chi connectivity index (χ0n) is 14.6. The highest BCUT2D eigenvalue weighted by atomic mass is 16.5. The fourth-order valence-corrected chi connectivity index (χ4v) is 2.53. The van der Waals surface area contributed by atoms with Crippen molar-refractivity contribution in [3.63, 3.8) is 0 Å². The number of aliphatic hydroxyl groups excluding tert-OH is 1. The summed E-state index contributed by atoms with van der Waals surface area (Å²) in [7, 11) is 0. The number of esters is 1. The van der Waals surface area contributed by atoms with E-state index in [4.69, 9.17) is 14.9 Å². The van der Waals surface area contributed by atoms with E-state index in [1.165, 1.54) is 25.7 Å². The molecular formula is C18H34O5. The van der Waals surface area contributed by atoms with Gasteiger partial charge in [-0.1, -0.05) is 45.4 Å². The van der Waals surface area contributed by atoms with Crippen molar-refractivity contribution >= 4 is 11.9 Å². The number of hydrogen-bond acceptors (Lipinski definition) is 4. The lowest BCUT2D eigenvalue weighted by Gasteiger charge is -2.15. The predicted molar refractivity (Wildman–Crippen MR) is 90.2 cm³/mol. The SMILES string of the molecule is CCCCCCCCC(CCC(=O)O)C(=O)OCCCCCO. The lowest BCUT2D eigenvalue weighted by atomic mass is 9.95. The number of aliphatic carboxylic acids is 1. The summed E-state index contributed by atoms with van der Waals surface area (Å²) in [5.74, 6) is -1.42. The van der Waals surface area contributed by atoms with E-state index in [0.29, 0.717) is 13.0 Å². The van der Waals surface area contributed by atoms with E-state index in [9.17, 15) is 9.59 Å². The average molecular weight is 330 g/mol. The predicted octanol–water partition coefficient (Wildman–Crippen LogP) is 3.92. The topological polar surface area (TPSA) is 83.8 Å². The Morgan fingerprint density at radius 2 is 1.57 bits per heavy atom. The van der Waals surface area contributed by atoms with Gasteiger partial charge in [-0.15, -0.1) is 0 Å². The van der Waals surface area contributed by atoms with Crippen LogP contribution in [-0.2, 0) is 14.3 Å². The third-order valence-corrected chi connectivity index (χ3v) is 3.99. The second kappa shape index (κ2) is 15.8. The molecule has 2 N–H and O–H groups in total. The van der Waals surface area contributed by atoms with Crippen molar-refractivity contribution in [1.29, 1.82) is 0 Å². The van der Waals surface area contributed by atoms with Gasteiger partial charge >= 0.3 is 11.9 Å². The van der Waals surface area contributed by atoms with Crippen molar-refractivity contribution in [3.05, 3.63) is 0 Å². The molecule has 0 aliphatic heterocycles. The molecule has 0 amide bonds. The highest BCUT2D eigenvalue weighted by molar-refractivity contribution is 5.74. The Bertz CT molecular complexity index is 304. The largest absolute Gasteiger partial charge is 0.481 e. The van der Waals surface area contributed by atoms with Crippen molar-refractivity contribution in [3.8, 4) is 0 Å². The number of ether oxygens (including phenoxy) is 1. The van der Waals surface area contributed by atoms with E-state index in [1.54, 1.807) is 0 Å². The van der Waals surface area contributed by atoms with Gasteiger partial charge in [0.25, 0.3) is 0 Å². The summed E-state index contributed by atoms with van der Waals surface area (Å²) in [4.78, 5) is 22.8. The Hall–Kier alpha value is -1.10. The molecule has 1 unspecified atom stereocenters. The smallest absolute Gasteiger partial charge is 0.308 e. The summed E-state index contributed by atoms with van der Waals surface area (Å²) in [6.45, 7) is 2.70. The molecule has 23 heavy (non-hydrogen) atoms. The van der Waals surface area contributed by atoms with Crippen LogP contribution in [0.1, 0.15) is 84.0 Å². The van der Waals surface area contributed by atoms with Gasteiger partial charge in [-0.05, 0) is 32.1 Å². The highest BCUT2D eigenvalue weighted by Gasteiger charge is 2.20. The maximum atomic E-state index is 12.1. The van der Waals surface area contributed by atoms with Crippen LogP contribution >= 0.6 is 0 Å². The van der Waals surface area contributed by atoms with E-state index >= 15 is 0 Å². The first kappa shape index (κ1) is 21.9. The van der Waals surface area contributed by atoms with Crippen molar-refractivity contribution in [2.75, 3.05) is 13.2 Å². The highest BCUT2D eigenvalue weighted by Crippen LogP contribution is 2.19. The normalized spacial score (nSPS) is 12.1. The van der Waals surface area contributed by atoms with Crippen molar-refractivity contribution in [2.45, 2.75) is 84.0 Å². The summed E-state index contributed by atoms with van der Waals surface area (Å²) in [6.07, 6.45) is 10.3. The first-order chi connectivity index (χ1) is 11.1. The summed E-state index contributed by atoms with van der Waals surface area (Å²) in [6, 6.07) is 0. The number of rotatable bonds is 16. The van der Waals surface area contributed by atoms with Gasteiger partial charge < -0.3 is 14.9 Å². The fraction of sp³-hybridized carbons (Fsp3) is 0.889. The molecule has 1 atom stereocenters. The lowest BCUT2D eigenvalue weighted by molar-refractivity contribution is -0.149. The maximum Gasteiger partial charge on any atom is 0.308 e. The molecule has 0 radical (unpaired) electrons. The molecule has 0 saturated heterocycles. The number of carboxylic acid groups (broad SMARTS) is 1. The number of carboxylic acids is 1. The van der Waals surface area contributed by atoms with Crippen LogP contribution in [0.25, 0.3) is 0 Å². The second-order valence-corrected chi connectivity index (χ2v) is 6.14. The van der Waals surface area contributed by atoms with E-state index in [2.05, 4.69) is 6.92 Å². The molecule has 0 aromatic heterocycles. The summed E-state index contributed by atoms with van der Waals surface area (Å²) < 4.78 is 5.27. The molecule has 0 bridgehead atoms. The van der Waals surface area contributed by atoms with Crippen LogP contribution in [0.2, 0.25) is 0 Å². The molecule has 0 fully saturated rings. The quantitative estimate of drug-likeness (QED) is 0.331. The third kappa shape index (κ3) is 14.2. The minimum absolute atomic E-state index is 0.0140. The maximum absolute atomic E-state index is 12.1. The van der Waals surface area contributed by atoms with Gasteiger partial charge in [-0.3, -0.25) is 9.59 Å². The van der Waals surface area contributed by atoms with Gasteiger partial charge in [0.2, 0.25) is 0 Å². The van der Waals surface area contributed by atoms with Gasteiger partial charge in [-0.2, -0.15) is 0 Å². The molecule has 0 aliphatic rings. The zero-order chi connectivity index (χ0) is 17.3. The first-order valence-corrected chi connectivity index (χ1v) is 9.11. The molecule has 0 rings (SSSR count). The molecule has 0 aromatic rings. The van der Waals surface area contributed by atoms with E-state index in [-0.39, 0.29) is 24.9 Å². The molecule has 0 aromatic carbocycles. The Kier molecular flexibility index (Phi) is 15.0. The van der Waals surface area contributed by atoms with Gasteiger partial charge in [-0.25, -0.2) is 0 Å². The van der Waals surface area contributed by atoms with Crippen LogP contribution in [0, 0.1) is 5.92 Å². The molecule has 0 aliphatic carbocycles. The van der Waals surface area contributed by atoms with E-state index in [1.807, 2.05) is 0 Å². The molecule has 5 heteroatoms. The van der Waals surface area contributed by atoms with Crippen molar-refractivity contribution in [2.24, 2.45) is 5.92 Å². The minimum atomic E-state index is -0.867. The molecule has 136 valence electrons. The third-order valence-electron chi connectivity index (χ3n) is 3.99. The fourth-order valence-electron chi connectivity index (χ4n) is 2.53. The number of carbonyl (C=O) groups is 2. The Morgan fingerprint density at radius 3 is 2.22 bits per heavy atom. The zero-order valence-corrected chi connectivity index (χ0v) is 14.6. The van der Waals surface area contributed by atoms with Crippen molar-refractivity contribution < 1.29 is 24.5 Å². The lowest BCUT2D eigenvalue weighted by Crippen LogP contribution is -2.19. The monoisotopic (exact) mass is 330 g/mol. The van der Waals surface area contributed by atoms with Crippen LogP contribution in [0.3, 0.4) is 0 Å². The van der Waals surface area contributed by atoms with Crippen molar-refractivity contribution in [1.82, 2.24) is 0 Å². The van der Waals surface area contributed by atoms with Gasteiger partial charge in [0.1, 0.15) is 0 Å². The molecule has 0 heterocycles. The Labute approximate surface area is 140 Å². The van der Waals surface area contributed by atoms with E-state index in [0.717, 1.165) is 38.5 Å². The number of unbranched alkanes of at least 4 members (excludes halogenated alkanes) is 7. The molecular weight excluding hydrogens is 296 g/mol. The molecule has 0 saturated carbocycles. The average Bonchev–Trinajstić information content (AvgIpc) is 2.52. The Balaban J connectivity index is 4.00. The van der Waals surface area contributed by atoms with Crippen LogP contribution in [-0.4, -0.2) is 35.4 Å². The summed E-state index contributed by atoms with van der Waals surface area (Å²) in [5.41, 5.74) is 0. The minimum Gasteiger partial charge on any atom is -0.481 e. The van der Waals surface area contributed by atoms with Crippen LogP contribution in [0.4, 0.5) is 0 Å². The number of aliphatic hydroxyl groups is 1. The van der Waals surface area contributed by atoms with Crippen LogP contribution < -0.4 is 0 Å². The number of carbonyl (C=O) groups excluding carboxylic acids is 1. The number of hydrogen-bond donors (Lipinski definition) is 2. The standard InChI is InChI=1S/C18H34O5/c1-2-3-4-5-6-8-11-16(12-13-17(20)21)18(22)23-15-10-7-9-14-19/h16,19H,2-15H2,1H3,(H,20,21). The summed E-state index contributed by atoms with van der Waals surface area (Å²) >= 11 is 0. The van der Waals surface area contributed by atoms with Gasteiger partial charge in [0.15, 0.2) is 0 Å². The van der Waals surface area contributed by atoms with Crippen LogP contribution in [0.5, 0.6) is 0 Å². The molecule has 0 spiro atoms. The first-order valence-electron chi connectivity index (χ1n) is 9.11. The van der Waals surface area contributed by atoms with E-state index < -0.39 is 5.97 Å².